The molecular weight excluding hydrogens is 322 g/mol. The van der Waals surface area contributed by atoms with Gasteiger partial charge in [0.1, 0.15) is 6.04 Å². The summed E-state index contributed by atoms with van der Waals surface area (Å²) in [5.74, 6) is -0.631. The van der Waals surface area contributed by atoms with Gasteiger partial charge < -0.3 is 10.4 Å². The number of aliphatic carboxylic acids is 1. The second-order valence-corrected chi connectivity index (χ2v) is 6.72. The van der Waals surface area contributed by atoms with E-state index in [0.29, 0.717) is 13.0 Å². The summed E-state index contributed by atoms with van der Waals surface area (Å²) in [4.78, 5) is 11.7. The van der Waals surface area contributed by atoms with Crippen LogP contribution in [0.3, 0.4) is 0 Å². The third-order valence-corrected chi connectivity index (χ3v) is 5.11. The molecule has 0 spiro atoms. The fourth-order valence-electron chi connectivity index (χ4n) is 3.84. The largest absolute Gasteiger partial charge is 0.480 e. The lowest BCUT2D eigenvalue weighted by molar-refractivity contribution is -0.139. The minimum absolute atomic E-state index is 0.181. The second-order valence-electron chi connectivity index (χ2n) is 6.72. The van der Waals surface area contributed by atoms with E-state index in [1.54, 1.807) is 0 Å². The smallest absolute Gasteiger partial charge is 0.321 e. The lowest BCUT2D eigenvalue weighted by Gasteiger charge is -2.19. The van der Waals surface area contributed by atoms with Gasteiger partial charge in [0.2, 0.25) is 0 Å². The number of rotatable bonds is 6. The highest BCUT2D eigenvalue weighted by Gasteiger charge is 2.29. The Kier molecular flexibility index (Phi) is 4.55. The molecule has 0 saturated carbocycles. The van der Waals surface area contributed by atoms with Crippen molar-refractivity contribution in [2.24, 2.45) is 0 Å². The van der Waals surface area contributed by atoms with E-state index in [1.165, 1.54) is 22.3 Å². The van der Waals surface area contributed by atoms with Crippen LogP contribution in [0.15, 0.2) is 78.9 Å². The van der Waals surface area contributed by atoms with Crippen molar-refractivity contribution in [1.29, 1.82) is 0 Å². The Bertz CT molecular complexity index is 875. The Hall–Kier alpha value is -2.91. The van der Waals surface area contributed by atoms with Crippen molar-refractivity contribution >= 4 is 5.97 Å². The summed E-state index contributed by atoms with van der Waals surface area (Å²) in [7, 11) is 0. The number of hydrogen-bond acceptors (Lipinski definition) is 2. The summed E-state index contributed by atoms with van der Waals surface area (Å²) >= 11 is 0. The highest BCUT2D eigenvalue weighted by Crippen LogP contribution is 2.44. The summed E-state index contributed by atoms with van der Waals surface area (Å²) in [5, 5.41) is 12.9. The topological polar surface area (TPSA) is 49.3 Å². The summed E-state index contributed by atoms with van der Waals surface area (Å²) < 4.78 is 0. The zero-order chi connectivity index (χ0) is 17.9. The Morgan fingerprint density at radius 2 is 1.38 bits per heavy atom. The average molecular weight is 343 g/mol. The molecule has 1 aliphatic carbocycles. The van der Waals surface area contributed by atoms with Crippen LogP contribution in [0.4, 0.5) is 0 Å². The van der Waals surface area contributed by atoms with Gasteiger partial charge in [-0.15, -0.1) is 0 Å². The van der Waals surface area contributed by atoms with Crippen molar-refractivity contribution in [2.45, 2.75) is 18.4 Å². The molecule has 0 radical (unpaired) electrons. The Morgan fingerprint density at radius 1 is 0.846 bits per heavy atom. The summed E-state index contributed by atoms with van der Waals surface area (Å²) in [5.41, 5.74) is 6.07. The average Bonchev–Trinajstić information content (AvgIpc) is 3.00. The van der Waals surface area contributed by atoms with Gasteiger partial charge in [0.15, 0.2) is 0 Å². The Morgan fingerprint density at radius 3 is 1.96 bits per heavy atom. The number of fused-ring (bicyclic) bond motifs is 3. The molecule has 0 aliphatic heterocycles. The summed E-state index contributed by atoms with van der Waals surface area (Å²) in [6, 6.07) is 26.0. The fourth-order valence-corrected chi connectivity index (χ4v) is 3.84. The van der Waals surface area contributed by atoms with E-state index in [4.69, 9.17) is 0 Å². The lowest BCUT2D eigenvalue weighted by Crippen LogP contribution is -2.40. The van der Waals surface area contributed by atoms with Gasteiger partial charge in [0.05, 0.1) is 0 Å². The molecule has 2 N–H and O–H groups in total. The molecule has 0 amide bonds. The van der Waals surface area contributed by atoms with E-state index >= 15 is 0 Å². The van der Waals surface area contributed by atoms with E-state index < -0.39 is 12.0 Å². The van der Waals surface area contributed by atoms with Gasteiger partial charge in [0, 0.05) is 12.5 Å². The minimum Gasteiger partial charge on any atom is -0.480 e. The molecule has 3 nitrogen and oxygen atoms in total. The molecular formula is C23H21NO2. The number of carbonyl (C=O) groups is 1. The number of carboxylic acids is 1. The quantitative estimate of drug-likeness (QED) is 0.709. The van der Waals surface area contributed by atoms with Crippen LogP contribution in [0.25, 0.3) is 11.1 Å². The molecule has 130 valence electrons. The predicted octanol–water partition coefficient (Wildman–Crippen LogP) is 4.08. The SMILES string of the molecule is O=C(O)[C@H](Cc1ccccc1)NCC1c2ccccc2-c2ccccc21. The minimum atomic E-state index is -0.812. The van der Waals surface area contributed by atoms with Crippen LogP contribution >= 0.6 is 0 Å². The second kappa shape index (κ2) is 7.14. The Labute approximate surface area is 153 Å². The van der Waals surface area contributed by atoms with Gasteiger partial charge in [-0.25, -0.2) is 0 Å². The van der Waals surface area contributed by atoms with Gasteiger partial charge in [-0.3, -0.25) is 4.79 Å². The predicted molar refractivity (Wildman–Crippen MR) is 103 cm³/mol. The van der Waals surface area contributed by atoms with Crippen molar-refractivity contribution in [3.05, 3.63) is 95.6 Å². The first-order valence-electron chi connectivity index (χ1n) is 8.92. The molecule has 3 aromatic rings. The first-order valence-corrected chi connectivity index (χ1v) is 8.92. The lowest BCUT2D eigenvalue weighted by atomic mass is 9.96. The summed E-state index contributed by atoms with van der Waals surface area (Å²) in [6.45, 7) is 0.609. The van der Waals surface area contributed by atoms with E-state index in [9.17, 15) is 9.90 Å². The molecule has 0 saturated heterocycles. The molecule has 0 unspecified atom stereocenters. The van der Waals surface area contributed by atoms with E-state index in [0.717, 1.165) is 5.56 Å². The number of hydrogen-bond donors (Lipinski definition) is 2. The normalized spacial score (nSPS) is 13.8. The van der Waals surface area contributed by atoms with Gasteiger partial charge in [-0.2, -0.15) is 0 Å². The first kappa shape index (κ1) is 16.6. The molecule has 0 bridgehead atoms. The molecule has 26 heavy (non-hydrogen) atoms. The fraction of sp³-hybridized carbons (Fsp3) is 0.174. The van der Waals surface area contributed by atoms with E-state index in [-0.39, 0.29) is 5.92 Å². The summed E-state index contributed by atoms with van der Waals surface area (Å²) in [6.07, 6.45) is 0.478. The van der Waals surface area contributed by atoms with Crippen molar-refractivity contribution in [2.75, 3.05) is 6.54 Å². The van der Waals surface area contributed by atoms with Crippen LogP contribution in [0, 0.1) is 0 Å². The van der Waals surface area contributed by atoms with Crippen LogP contribution in [-0.4, -0.2) is 23.7 Å². The molecule has 1 aliphatic rings. The Balaban J connectivity index is 1.56. The maximum Gasteiger partial charge on any atom is 0.321 e. The standard InChI is InChI=1S/C23H21NO2/c25-23(26)22(14-16-8-2-1-3-9-16)24-15-21-19-12-6-4-10-17(19)18-11-5-7-13-20(18)21/h1-13,21-22,24H,14-15H2,(H,25,26)/t22-/m0/s1. The van der Waals surface area contributed by atoms with E-state index in [2.05, 4.69) is 53.8 Å². The number of benzene rings is 3. The van der Waals surface area contributed by atoms with Gasteiger partial charge in [-0.05, 0) is 34.2 Å². The maximum absolute atomic E-state index is 11.7. The van der Waals surface area contributed by atoms with Crippen LogP contribution in [-0.2, 0) is 11.2 Å². The molecule has 0 fully saturated rings. The molecule has 3 aromatic carbocycles. The van der Waals surface area contributed by atoms with Crippen molar-refractivity contribution in [1.82, 2.24) is 5.32 Å². The van der Waals surface area contributed by atoms with Crippen LogP contribution in [0.2, 0.25) is 0 Å². The molecule has 3 heteroatoms. The van der Waals surface area contributed by atoms with Crippen LogP contribution in [0.1, 0.15) is 22.6 Å². The van der Waals surface area contributed by atoms with Crippen LogP contribution < -0.4 is 5.32 Å². The molecule has 0 heterocycles. The number of carboxylic acid groups (broad SMARTS) is 1. The first-order chi connectivity index (χ1) is 12.7. The van der Waals surface area contributed by atoms with E-state index in [1.807, 2.05) is 30.3 Å². The molecule has 0 aromatic heterocycles. The zero-order valence-electron chi connectivity index (χ0n) is 14.4. The highest BCUT2D eigenvalue weighted by molar-refractivity contribution is 5.79. The van der Waals surface area contributed by atoms with Gasteiger partial charge in [0.25, 0.3) is 0 Å². The van der Waals surface area contributed by atoms with Crippen molar-refractivity contribution < 1.29 is 9.90 Å². The molecule has 1 atom stereocenters. The van der Waals surface area contributed by atoms with Crippen molar-refractivity contribution in [3.63, 3.8) is 0 Å². The van der Waals surface area contributed by atoms with Crippen LogP contribution in [0.5, 0.6) is 0 Å². The monoisotopic (exact) mass is 343 g/mol. The highest BCUT2D eigenvalue weighted by atomic mass is 16.4. The van der Waals surface area contributed by atoms with Crippen molar-refractivity contribution in [3.8, 4) is 11.1 Å². The molecule has 4 rings (SSSR count). The number of nitrogens with one attached hydrogen (secondary N) is 1. The van der Waals surface area contributed by atoms with Gasteiger partial charge >= 0.3 is 5.97 Å². The van der Waals surface area contributed by atoms with Gasteiger partial charge in [-0.1, -0.05) is 78.9 Å². The maximum atomic E-state index is 11.7. The zero-order valence-corrected chi connectivity index (χ0v) is 14.4. The third kappa shape index (κ3) is 3.14. The third-order valence-electron chi connectivity index (χ3n) is 5.11.